The van der Waals surface area contributed by atoms with Crippen molar-refractivity contribution in [3.8, 4) is 0 Å². The number of aliphatic carboxylic acids is 1. The molecular formula is C11H15NO3S. The summed E-state index contributed by atoms with van der Waals surface area (Å²) >= 11 is 1.62. The molecule has 0 radical (unpaired) electrons. The second-order valence-corrected chi connectivity index (χ2v) is 4.71. The number of hydrogen-bond donors (Lipinski definition) is 2. The van der Waals surface area contributed by atoms with Gasteiger partial charge >= 0.3 is 5.97 Å². The number of nitrogens with one attached hydrogen (secondary N) is 1. The number of hydrogen-bond acceptors (Lipinski definition) is 3. The monoisotopic (exact) mass is 241 g/mol. The van der Waals surface area contributed by atoms with Crippen LogP contribution in [0.25, 0.3) is 0 Å². The molecule has 1 unspecified atom stereocenters. The molecule has 0 aliphatic carbocycles. The van der Waals surface area contributed by atoms with E-state index in [-0.39, 0.29) is 11.2 Å². The summed E-state index contributed by atoms with van der Waals surface area (Å²) in [5.74, 6) is -1.34. The van der Waals surface area contributed by atoms with E-state index in [9.17, 15) is 9.59 Å². The van der Waals surface area contributed by atoms with Gasteiger partial charge in [-0.3, -0.25) is 4.79 Å². The SMILES string of the molecule is C/C=C/C(=O)N[C@@H](CC1CC=CS1)C(=O)O. The molecule has 0 saturated carbocycles. The van der Waals surface area contributed by atoms with Crippen molar-refractivity contribution in [1.82, 2.24) is 5.32 Å². The molecule has 0 aromatic carbocycles. The van der Waals surface area contributed by atoms with Gasteiger partial charge in [-0.2, -0.15) is 0 Å². The summed E-state index contributed by atoms with van der Waals surface area (Å²) in [5, 5.41) is 13.7. The minimum absolute atomic E-state index is 0.256. The van der Waals surface area contributed by atoms with Gasteiger partial charge in [-0.1, -0.05) is 12.2 Å². The first-order chi connectivity index (χ1) is 7.63. The van der Waals surface area contributed by atoms with Crippen LogP contribution in [0.15, 0.2) is 23.6 Å². The van der Waals surface area contributed by atoms with E-state index in [0.29, 0.717) is 6.42 Å². The van der Waals surface area contributed by atoms with Crippen molar-refractivity contribution in [3.05, 3.63) is 23.6 Å². The van der Waals surface area contributed by atoms with Gasteiger partial charge in [0.05, 0.1) is 0 Å². The zero-order valence-corrected chi connectivity index (χ0v) is 9.87. The van der Waals surface area contributed by atoms with Gasteiger partial charge in [0.15, 0.2) is 0 Å². The van der Waals surface area contributed by atoms with Crippen LogP contribution in [0.4, 0.5) is 0 Å². The smallest absolute Gasteiger partial charge is 0.326 e. The Bertz CT molecular complexity index is 317. The second-order valence-electron chi connectivity index (χ2n) is 3.50. The van der Waals surface area contributed by atoms with Crippen molar-refractivity contribution in [2.45, 2.75) is 31.1 Å². The molecule has 1 rings (SSSR count). The minimum Gasteiger partial charge on any atom is -0.480 e. The largest absolute Gasteiger partial charge is 0.480 e. The Morgan fingerprint density at radius 1 is 1.69 bits per heavy atom. The summed E-state index contributed by atoms with van der Waals surface area (Å²) in [6.45, 7) is 1.71. The molecule has 0 saturated heterocycles. The molecule has 0 aromatic rings. The predicted molar refractivity (Wildman–Crippen MR) is 64.1 cm³/mol. The first-order valence-electron chi connectivity index (χ1n) is 5.10. The number of thioether (sulfide) groups is 1. The summed E-state index contributed by atoms with van der Waals surface area (Å²) in [5.41, 5.74) is 0. The lowest BCUT2D eigenvalue weighted by Crippen LogP contribution is -2.41. The highest BCUT2D eigenvalue weighted by Gasteiger charge is 2.24. The van der Waals surface area contributed by atoms with Crippen molar-refractivity contribution in [1.29, 1.82) is 0 Å². The lowest BCUT2D eigenvalue weighted by atomic mass is 10.1. The van der Waals surface area contributed by atoms with Crippen LogP contribution >= 0.6 is 11.8 Å². The fourth-order valence-electron chi connectivity index (χ4n) is 1.44. The van der Waals surface area contributed by atoms with E-state index in [1.165, 1.54) is 6.08 Å². The zero-order valence-electron chi connectivity index (χ0n) is 9.05. The van der Waals surface area contributed by atoms with Crippen LogP contribution in [0.3, 0.4) is 0 Å². The van der Waals surface area contributed by atoms with Crippen molar-refractivity contribution < 1.29 is 14.7 Å². The summed E-state index contributed by atoms with van der Waals surface area (Å²) in [7, 11) is 0. The van der Waals surface area contributed by atoms with Gasteiger partial charge in [0.2, 0.25) is 5.91 Å². The Hall–Kier alpha value is -1.23. The third-order valence-corrected chi connectivity index (χ3v) is 3.32. The van der Waals surface area contributed by atoms with Crippen LogP contribution in [0.2, 0.25) is 0 Å². The first-order valence-corrected chi connectivity index (χ1v) is 6.04. The van der Waals surface area contributed by atoms with Crippen molar-refractivity contribution in [2.24, 2.45) is 0 Å². The standard InChI is InChI=1S/C11H15NO3S/c1-2-4-10(13)12-9(11(14)15)7-8-5-3-6-16-8/h2-4,6,8-9H,5,7H2,1H3,(H,12,13)(H,14,15)/b4-2+/t8?,9-/m0/s1. The Labute approximate surface area is 98.8 Å². The van der Waals surface area contributed by atoms with Crippen LogP contribution in [-0.2, 0) is 9.59 Å². The Kier molecular flexibility index (Phi) is 5.11. The molecule has 1 aliphatic heterocycles. The molecule has 0 aromatic heterocycles. The van der Waals surface area contributed by atoms with E-state index in [1.54, 1.807) is 24.8 Å². The highest BCUT2D eigenvalue weighted by atomic mass is 32.2. The van der Waals surface area contributed by atoms with Crippen LogP contribution < -0.4 is 5.32 Å². The van der Waals surface area contributed by atoms with Crippen molar-refractivity contribution in [2.75, 3.05) is 0 Å². The average molecular weight is 241 g/mol. The zero-order chi connectivity index (χ0) is 12.0. The molecule has 4 nitrogen and oxygen atoms in total. The van der Waals surface area contributed by atoms with Gasteiger partial charge in [0.25, 0.3) is 0 Å². The van der Waals surface area contributed by atoms with E-state index < -0.39 is 12.0 Å². The van der Waals surface area contributed by atoms with E-state index in [1.807, 2.05) is 11.5 Å². The number of rotatable bonds is 5. The van der Waals surface area contributed by atoms with Crippen LogP contribution in [-0.4, -0.2) is 28.3 Å². The Morgan fingerprint density at radius 2 is 2.44 bits per heavy atom. The fourth-order valence-corrected chi connectivity index (χ4v) is 2.41. The normalized spacial score (nSPS) is 21.2. The lowest BCUT2D eigenvalue weighted by Gasteiger charge is -2.16. The second kappa shape index (κ2) is 6.37. The van der Waals surface area contributed by atoms with E-state index >= 15 is 0 Å². The van der Waals surface area contributed by atoms with Gasteiger partial charge in [0.1, 0.15) is 6.04 Å². The number of carboxylic acids is 1. The van der Waals surface area contributed by atoms with Gasteiger partial charge < -0.3 is 10.4 Å². The van der Waals surface area contributed by atoms with E-state index in [2.05, 4.69) is 5.32 Å². The fraction of sp³-hybridized carbons (Fsp3) is 0.455. The predicted octanol–water partition coefficient (Wildman–Crippen LogP) is 1.54. The molecule has 1 amide bonds. The molecular weight excluding hydrogens is 226 g/mol. The van der Waals surface area contributed by atoms with Crippen LogP contribution in [0, 0.1) is 0 Å². The maximum absolute atomic E-state index is 11.2. The highest BCUT2D eigenvalue weighted by molar-refractivity contribution is 8.03. The molecule has 16 heavy (non-hydrogen) atoms. The Morgan fingerprint density at radius 3 is 2.94 bits per heavy atom. The number of allylic oxidation sites excluding steroid dienone is 2. The number of carbonyl (C=O) groups excluding carboxylic acids is 1. The third kappa shape index (κ3) is 4.10. The van der Waals surface area contributed by atoms with Gasteiger partial charge in [-0.05, 0) is 31.2 Å². The average Bonchev–Trinajstić information content (AvgIpc) is 2.69. The summed E-state index contributed by atoms with van der Waals surface area (Å²) < 4.78 is 0. The molecule has 88 valence electrons. The van der Waals surface area contributed by atoms with E-state index in [0.717, 1.165) is 6.42 Å². The molecule has 0 fully saturated rings. The third-order valence-electron chi connectivity index (χ3n) is 2.20. The van der Waals surface area contributed by atoms with Crippen molar-refractivity contribution in [3.63, 3.8) is 0 Å². The minimum atomic E-state index is -0.981. The molecule has 0 spiro atoms. The summed E-state index contributed by atoms with van der Waals surface area (Å²) in [6.07, 6.45) is 6.25. The maximum atomic E-state index is 11.2. The molecule has 1 aliphatic rings. The van der Waals surface area contributed by atoms with Crippen molar-refractivity contribution >= 4 is 23.6 Å². The first kappa shape index (κ1) is 12.8. The maximum Gasteiger partial charge on any atom is 0.326 e. The van der Waals surface area contributed by atoms with Gasteiger partial charge in [0, 0.05) is 5.25 Å². The molecule has 0 bridgehead atoms. The molecule has 5 heteroatoms. The molecule has 1 heterocycles. The highest BCUT2D eigenvalue weighted by Crippen LogP contribution is 2.27. The van der Waals surface area contributed by atoms with Gasteiger partial charge in [-0.15, -0.1) is 11.8 Å². The summed E-state index contributed by atoms with van der Waals surface area (Å²) in [6, 6.07) is -0.805. The van der Waals surface area contributed by atoms with Crippen LogP contribution in [0.1, 0.15) is 19.8 Å². The molecule has 2 atom stereocenters. The number of amides is 1. The number of carboxylic acid groups (broad SMARTS) is 1. The molecule has 2 N–H and O–H groups in total. The quantitative estimate of drug-likeness (QED) is 0.717. The summed E-state index contributed by atoms with van der Waals surface area (Å²) in [4.78, 5) is 22.2. The Balaban J connectivity index is 2.47. The van der Waals surface area contributed by atoms with Crippen LogP contribution in [0.5, 0.6) is 0 Å². The lowest BCUT2D eigenvalue weighted by molar-refractivity contribution is -0.141. The van der Waals surface area contributed by atoms with E-state index in [4.69, 9.17) is 5.11 Å². The number of carbonyl (C=O) groups is 2. The van der Waals surface area contributed by atoms with Gasteiger partial charge in [-0.25, -0.2) is 4.79 Å². The topological polar surface area (TPSA) is 66.4 Å².